The van der Waals surface area contributed by atoms with Crippen LogP contribution in [0.25, 0.3) is 4.83 Å². The molecule has 0 unspecified atom stereocenters. The fourth-order valence-electron chi connectivity index (χ4n) is 4.43. The van der Waals surface area contributed by atoms with Crippen molar-refractivity contribution in [2.45, 2.75) is 39.1 Å². The van der Waals surface area contributed by atoms with Gasteiger partial charge in [0.15, 0.2) is 0 Å². The number of fused-ring (bicyclic) bond motifs is 2. The minimum atomic E-state index is -1.39. The van der Waals surface area contributed by atoms with Crippen LogP contribution in [0, 0.1) is 11.8 Å². The molecule has 4 heterocycles. The molecular weight excluding hydrogens is 384 g/mol. The zero-order chi connectivity index (χ0) is 20.2. The summed E-state index contributed by atoms with van der Waals surface area (Å²) in [6.07, 6.45) is 3.53. The number of aromatic nitrogens is 2. The first-order valence-electron chi connectivity index (χ1n) is 8.96. The van der Waals surface area contributed by atoms with Gasteiger partial charge in [0.1, 0.15) is 25.5 Å². The monoisotopic (exact) mass is 404 g/mol. The molecular formula is C18H20N4O5S. The Labute approximate surface area is 164 Å². The molecule has 0 aliphatic carbocycles. The molecule has 4 rings (SSSR count). The van der Waals surface area contributed by atoms with Crippen LogP contribution in [-0.2, 0) is 27.5 Å². The topological polar surface area (TPSA) is 119 Å². The number of hydrogen-bond acceptors (Lipinski definition) is 6. The van der Waals surface area contributed by atoms with Crippen molar-refractivity contribution in [2.75, 3.05) is 0 Å². The average molecular weight is 404 g/mol. The molecule has 0 radical (unpaired) electrons. The number of thiazole rings is 1. The van der Waals surface area contributed by atoms with E-state index in [1.807, 2.05) is 33.7 Å². The predicted octanol–water partition coefficient (Wildman–Crippen LogP) is -1.60. The van der Waals surface area contributed by atoms with Gasteiger partial charge in [-0.05, 0) is 6.92 Å². The molecule has 1 saturated heterocycles. The third-order valence-electron chi connectivity index (χ3n) is 5.70. The number of aliphatic carboxylic acids is 1. The van der Waals surface area contributed by atoms with Crippen molar-refractivity contribution in [3.8, 4) is 0 Å². The molecule has 2 aliphatic heterocycles. The van der Waals surface area contributed by atoms with Crippen LogP contribution in [0.15, 0.2) is 29.0 Å². The summed E-state index contributed by atoms with van der Waals surface area (Å²) in [5.41, 5.74) is 0.479. The van der Waals surface area contributed by atoms with Gasteiger partial charge in [-0.25, -0.2) is 4.57 Å². The number of nitrogens with one attached hydrogen (secondary N) is 1. The molecule has 4 atom stereocenters. The van der Waals surface area contributed by atoms with E-state index in [0.717, 1.165) is 10.7 Å². The number of carboxylic acid groups (broad SMARTS) is 1. The summed E-state index contributed by atoms with van der Waals surface area (Å²) in [6.45, 7) is 3.94. The SMILES string of the molecule is C[C@@H](O)[C@H]1C(=O)N2C(C(=O)[O-])=C(Cn3cc4scc[n+]4c3CNC=O)[C@H](C)[C@H]12. The Bertz CT molecular complexity index is 1010. The summed E-state index contributed by atoms with van der Waals surface area (Å²) in [7, 11) is 0. The van der Waals surface area contributed by atoms with E-state index in [0.29, 0.717) is 12.0 Å². The lowest BCUT2D eigenvalue weighted by Gasteiger charge is -2.47. The Hall–Kier alpha value is -2.72. The third kappa shape index (κ3) is 2.55. The lowest BCUT2D eigenvalue weighted by molar-refractivity contribution is -0.518. The van der Waals surface area contributed by atoms with Crippen LogP contribution in [0.2, 0.25) is 0 Å². The quantitative estimate of drug-likeness (QED) is 0.327. The maximum absolute atomic E-state index is 12.4. The summed E-state index contributed by atoms with van der Waals surface area (Å²) in [5.74, 6) is -1.83. The maximum atomic E-state index is 12.4. The van der Waals surface area contributed by atoms with Crippen molar-refractivity contribution in [3.63, 3.8) is 0 Å². The van der Waals surface area contributed by atoms with Gasteiger partial charge in [-0.15, -0.1) is 0 Å². The molecule has 2 aromatic rings. The van der Waals surface area contributed by atoms with Crippen LogP contribution in [0.3, 0.4) is 0 Å². The molecule has 1 fully saturated rings. The van der Waals surface area contributed by atoms with E-state index >= 15 is 0 Å². The van der Waals surface area contributed by atoms with Crippen molar-refractivity contribution < 1.29 is 29.0 Å². The van der Waals surface area contributed by atoms with E-state index in [1.54, 1.807) is 6.92 Å². The van der Waals surface area contributed by atoms with Crippen LogP contribution in [-0.4, -0.2) is 45.0 Å². The highest BCUT2D eigenvalue weighted by Gasteiger charge is 2.58. The molecule has 148 valence electrons. The normalized spacial score (nSPS) is 25.0. The molecule has 2 amide bonds. The van der Waals surface area contributed by atoms with Crippen molar-refractivity contribution in [1.82, 2.24) is 14.8 Å². The zero-order valence-electron chi connectivity index (χ0n) is 15.4. The number of nitrogens with zero attached hydrogens (tertiary/aromatic N) is 3. The Balaban J connectivity index is 1.74. The number of amides is 2. The Morgan fingerprint density at radius 1 is 1.54 bits per heavy atom. The minimum Gasteiger partial charge on any atom is -0.543 e. The summed E-state index contributed by atoms with van der Waals surface area (Å²) >= 11 is 1.52. The van der Waals surface area contributed by atoms with E-state index in [9.17, 15) is 24.6 Å². The van der Waals surface area contributed by atoms with Crippen LogP contribution in [0.5, 0.6) is 0 Å². The Morgan fingerprint density at radius 2 is 2.29 bits per heavy atom. The van der Waals surface area contributed by atoms with Crippen LogP contribution < -0.4 is 14.8 Å². The molecule has 28 heavy (non-hydrogen) atoms. The maximum Gasteiger partial charge on any atom is 0.282 e. The molecule has 9 nitrogen and oxygen atoms in total. The van der Waals surface area contributed by atoms with E-state index < -0.39 is 18.0 Å². The summed E-state index contributed by atoms with van der Waals surface area (Å²) < 4.78 is 3.81. The molecule has 0 aromatic carbocycles. The van der Waals surface area contributed by atoms with Crippen LogP contribution in [0.1, 0.15) is 19.7 Å². The van der Waals surface area contributed by atoms with Gasteiger partial charge in [-0.2, -0.15) is 4.40 Å². The number of imidazole rings is 1. The lowest BCUT2D eigenvalue weighted by Crippen LogP contribution is -2.64. The molecule has 10 heteroatoms. The van der Waals surface area contributed by atoms with Crippen molar-refractivity contribution in [1.29, 1.82) is 0 Å². The van der Waals surface area contributed by atoms with Gasteiger partial charge in [0.2, 0.25) is 17.1 Å². The smallest absolute Gasteiger partial charge is 0.282 e. The standard InChI is InChI=1S/C18H20N4O5S/c1-9-11(16(18(26)27)22-15(9)14(10(2)24)17(22)25)6-20-7-13-21(3-4-28-13)12(20)5-19-8-23/h3-4,7-10,14-15,24H,5-6H2,1-2H3,(H-,19,23,26,27)/t9-,10+,14+,15+/m0/s1. The van der Waals surface area contributed by atoms with Gasteiger partial charge < -0.3 is 25.2 Å². The Kier molecular flexibility index (Phi) is 4.47. The van der Waals surface area contributed by atoms with Gasteiger partial charge in [0, 0.05) is 16.9 Å². The lowest BCUT2D eigenvalue weighted by atomic mass is 9.78. The molecule has 0 saturated carbocycles. The number of hydrogen-bond donors (Lipinski definition) is 2. The number of β-lactam (4-membered cyclic amide) rings is 1. The van der Waals surface area contributed by atoms with Gasteiger partial charge in [0.05, 0.1) is 29.7 Å². The molecule has 0 bridgehead atoms. The van der Waals surface area contributed by atoms with Crippen molar-refractivity contribution >= 4 is 34.5 Å². The average Bonchev–Trinajstić information content (AvgIpc) is 3.26. The number of carbonyl (C=O) groups is 3. The van der Waals surface area contributed by atoms with Crippen molar-refractivity contribution in [3.05, 3.63) is 34.9 Å². The van der Waals surface area contributed by atoms with Gasteiger partial charge in [0.25, 0.3) is 5.82 Å². The van der Waals surface area contributed by atoms with E-state index in [4.69, 9.17) is 0 Å². The number of aliphatic hydroxyl groups is 1. The second-order valence-corrected chi connectivity index (χ2v) is 8.12. The number of carbonyl (C=O) groups excluding carboxylic acids is 3. The van der Waals surface area contributed by atoms with Gasteiger partial charge in [-0.1, -0.05) is 18.3 Å². The van der Waals surface area contributed by atoms with Crippen molar-refractivity contribution in [2.24, 2.45) is 11.8 Å². The first-order chi connectivity index (χ1) is 13.4. The second kappa shape index (κ2) is 6.71. The third-order valence-corrected chi connectivity index (χ3v) is 6.51. The predicted molar refractivity (Wildman–Crippen MR) is 95.4 cm³/mol. The zero-order valence-corrected chi connectivity index (χ0v) is 16.2. The number of rotatable bonds is 7. The minimum absolute atomic E-state index is 0.101. The van der Waals surface area contributed by atoms with Crippen LogP contribution in [0.4, 0.5) is 0 Å². The fourth-order valence-corrected chi connectivity index (χ4v) is 5.22. The van der Waals surface area contributed by atoms with E-state index in [2.05, 4.69) is 5.32 Å². The van der Waals surface area contributed by atoms with Crippen LogP contribution >= 0.6 is 11.3 Å². The van der Waals surface area contributed by atoms with E-state index in [-0.39, 0.29) is 36.7 Å². The summed E-state index contributed by atoms with van der Waals surface area (Å²) in [5, 5.41) is 26.3. The molecule has 2 aromatic heterocycles. The second-order valence-electron chi connectivity index (χ2n) is 7.20. The Morgan fingerprint density at radius 3 is 2.93 bits per heavy atom. The van der Waals surface area contributed by atoms with Gasteiger partial charge >= 0.3 is 0 Å². The number of carboxylic acids is 1. The van der Waals surface area contributed by atoms with E-state index in [1.165, 1.54) is 16.2 Å². The highest BCUT2D eigenvalue weighted by atomic mass is 32.1. The summed E-state index contributed by atoms with van der Waals surface area (Å²) in [4.78, 5) is 37.2. The number of aliphatic hydroxyl groups excluding tert-OH is 1. The highest BCUT2D eigenvalue weighted by molar-refractivity contribution is 7.14. The largest absolute Gasteiger partial charge is 0.543 e. The first kappa shape index (κ1) is 18.6. The molecule has 2 aliphatic rings. The molecule has 0 spiro atoms. The van der Waals surface area contributed by atoms with Gasteiger partial charge in [-0.3, -0.25) is 9.59 Å². The molecule has 2 N–H and O–H groups in total. The highest BCUT2D eigenvalue weighted by Crippen LogP contribution is 2.47. The fraction of sp³-hybridized carbons (Fsp3) is 0.444. The first-order valence-corrected chi connectivity index (χ1v) is 9.84. The summed E-state index contributed by atoms with van der Waals surface area (Å²) in [6, 6.07) is -0.378.